The summed E-state index contributed by atoms with van der Waals surface area (Å²) in [7, 11) is 0. The van der Waals surface area contributed by atoms with Gasteiger partial charge in [-0.25, -0.2) is 9.97 Å². The average Bonchev–Trinajstić information content (AvgIpc) is 2.79. The Morgan fingerprint density at radius 3 is 2.45 bits per heavy atom. The van der Waals surface area contributed by atoms with E-state index in [1.54, 1.807) is 0 Å². The molecule has 4 rings (SSSR count). The van der Waals surface area contributed by atoms with E-state index < -0.39 is 0 Å². The number of nitrogens with one attached hydrogen (secondary N) is 1. The number of benzene rings is 2. The Bertz CT molecular complexity index is 981. The smallest absolute Gasteiger partial charge is 0.270 e. The Balaban J connectivity index is 1.62. The van der Waals surface area contributed by atoms with Crippen LogP contribution in [0.5, 0.6) is 0 Å². The molecule has 1 aliphatic heterocycles. The number of rotatable bonds is 5. The van der Waals surface area contributed by atoms with Crippen molar-refractivity contribution in [2.75, 3.05) is 18.0 Å². The van der Waals surface area contributed by atoms with Crippen LogP contribution in [0.4, 0.5) is 5.82 Å². The van der Waals surface area contributed by atoms with Crippen molar-refractivity contribution in [2.24, 2.45) is 0 Å². The van der Waals surface area contributed by atoms with Crippen molar-refractivity contribution in [1.82, 2.24) is 15.3 Å². The van der Waals surface area contributed by atoms with Crippen molar-refractivity contribution in [3.63, 3.8) is 0 Å². The normalized spacial score (nSPS) is 13.9. The lowest BCUT2D eigenvalue weighted by atomic mass is 10.1. The van der Waals surface area contributed by atoms with E-state index in [1.807, 2.05) is 67.6 Å². The standard InChI is InChI=1S/C24H26N4O/c1-18-10-6-7-13-20(18)17-25-24(29)21-16-22(28-14-8-3-9-15-28)27-23(26-21)19-11-4-2-5-12-19/h2,4-7,10-13,16H,3,8-9,14-15,17H2,1H3,(H,25,29). The van der Waals surface area contributed by atoms with Gasteiger partial charge in [-0.3, -0.25) is 4.79 Å². The van der Waals surface area contributed by atoms with Crippen molar-refractivity contribution in [2.45, 2.75) is 32.7 Å². The van der Waals surface area contributed by atoms with E-state index in [4.69, 9.17) is 4.98 Å². The van der Waals surface area contributed by atoms with Gasteiger partial charge in [-0.1, -0.05) is 54.6 Å². The van der Waals surface area contributed by atoms with Crippen LogP contribution in [0, 0.1) is 6.92 Å². The minimum atomic E-state index is -0.175. The second kappa shape index (κ2) is 8.86. The third kappa shape index (κ3) is 4.62. The maximum absolute atomic E-state index is 12.9. The van der Waals surface area contributed by atoms with E-state index in [2.05, 4.69) is 15.2 Å². The number of amides is 1. The van der Waals surface area contributed by atoms with Gasteiger partial charge in [0.05, 0.1) is 0 Å². The molecule has 5 heteroatoms. The summed E-state index contributed by atoms with van der Waals surface area (Å²) in [6, 6.07) is 19.7. The molecule has 3 aromatic rings. The zero-order valence-corrected chi connectivity index (χ0v) is 16.8. The highest BCUT2D eigenvalue weighted by atomic mass is 16.1. The minimum absolute atomic E-state index is 0.175. The van der Waals surface area contributed by atoms with Gasteiger partial charge in [0.15, 0.2) is 5.82 Å². The largest absolute Gasteiger partial charge is 0.356 e. The Labute approximate surface area is 171 Å². The van der Waals surface area contributed by atoms with Crippen molar-refractivity contribution >= 4 is 11.7 Å². The second-order valence-corrected chi connectivity index (χ2v) is 7.46. The molecule has 5 nitrogen and oxygen atoms in total. The summed E-state index contributed by atoms with van der Waals surface area (Å²) in [5, 5.41) is 3.02. The maximum atomic E-state index is 12.9. The summed E-state index contributed by atoms with van der Waals surface area (Å²) < 4.78 is 0. The number of aromatic nitrogens is 2. The number of hydrogen-bond acceptors (Lipinski definition) is 4. The Morgan fingerprint density at radius 1 is 0.966 bits per heavy atom. The first kappa shape index (κ1) is 19.1. The molecule has 0 aliphatic carbocycles. The number of carbonyl (C=O) groups excluding carboxylic acids is 1. The highest BCUT2D eigenvalue weighted by Gasteiger charge is 2.18. The molecular formula is C24H26N4O. The van der Waals surface area contributed by atoms with Crippen LogP contribution in [-0.4, -0.2) is 29.0 Å². The fourth-order valence-corrected chi connectivity index (χ4v) is 3.63. The highest BCUT2D eigenvalue weighted by molar-refractivity contribution is 5.93. The summed E-state index contributed by atoms with van der Waals surface area (Å²) in [6.45, 7) is 4.47. The molecule has 148 valence electrons. The van der Waals surface area contributed by atoms with Crippen molar-refractivity contribution in [3.8, 4) is 11.4 Å². The third-order valence-corrected chi connectivity index (χ3v) is 5.36. The van der Waals surface area contributed by atoms with Crippen molar-refractivity contribution < 1.29 is 4.79 Å². The fraction of sp³-hybridized carbons (Fsp3) is 0.292. The molecule has 0 radical (unpaired) electrons. The number of hydrogen-bond donors (Lipinski definition) is 1. The van der Waals surface area contributed by atoms with E-state index in [0.717, 1.165) is 48.4 Å². The fourth-order valence-electron chi connectivity index (χ4n) is 3.63. The molecule has 0 unspecified atom stereocenters. The zero-order chi connectivity index (χ0) is 20.1. The predicted octanol–water partition coefficient (Wildman–Crippen LogP) is 4.37. The molecule has 0 bridgehead atoms. The molecule has 1 N–H and O–H groups in total. The highest BCUT2D eigenvalue weighted by Crippen LogP contribution is 2.23. The Kier molecular flexibility index (Phi) is 5.84. The first-order valence-electron chi connectivity index (χ1n) is 10.2. The first-order chi connectivity index (χ1) is 14.2. The van der Waals surface area contributed by atoms with Crippen molar-refractivity contribution in [1.29, 1.82) is 0 Å². The number of anilines is 1. The number of carbonyl (C=O) groups is 1. The van der Waals surface area contributed by atoms with Gasteiger partial charge in [0.1, 0.15) is 11.5 Å². The molecule has 0 atom stereocenters. The van der Waals surface area contributed by atoms with Gasteiger partial charge in [-0.05, 0) is 37.3 Å². The van der Waals surface area contributed by atoms with E-state index in [9.17, 15) is 4.79 Å². The number of aryl methyl sites for hydroxylation is 1. The van der Waals surface area contributed by atoms with E-state index in [0.29, 0.717) is 18.1 Å². The van der Waals surface area contributed by atoms with E-state index in [1.165, 1.54) is 6.42 Å². The molecule has 1 saturated heterocycles. The molecule has 2 heterocycles. The zero-order valence-electron chi connectivity index (χ0n) is 16.8. The maximum Gasteiger partial charge on any atom is 0.270 e. The summed E-state index contributed by atoms with van der Waals surface area (Å²) in [4.78, 5) is 24.5. The Morgan fingerprint density at radius 2 is 1.69 bits per heavy atom. The van der Waals surface area contributed by atoms with Crippen LogP contribution in [-0.2, 0) is 6.54 Å². The van der Waals surface area contributed by atoms with Crippen molar-refractivity contribution in [3.05, 3.63) is 77.5 Å². The van der Waals surface area contributed by atoms with Crippen LogP contribution in [0.3, 0.4) is 0 Å². The van der Waals surface area contributed by atoms with Crippen LogP contribution in [0.1, 0.15) is 40.9 Å². The lowest BCUT2D eigenvalue weighted by Crippen LogP contribution is -2.31. The number of nitrogens with zero attached hydrogens (tertiary/aromatic N) is 3. The molecular weight excluding hydrogens is 360 g/mol. The van der Waals surface area contributed by atoms with Crippen LogP contribution in [0.15, 0.2) is 60.7 Å². The predicted molar refractivity (Wildman–Crippen MR) is 116 cm³/mol. The monoisotopic (exact) mass is 386 g/mol. The first-order valence-corrected chi connectivity index (χ1v) is 10.2. The molecule has 0 spiro atoms. The van der Waals surface area contributed by atoms with Gasteiger partial charge in [0.2, 0.25) is 0 Å². The topological polar surface area (TPSA) is 58.1 Å². The molecule has 1 aliphatic rings. The molecule has 1 aromatic heterocycles. The van der Waals surface area contributed by atoms with Crippen LogP contribution in [0.25, 0.3) is 11.4 Å². The van der Waals surface area contributed by atoms with E-state index >= 15 is 0 Å². The molecule has 1 amide bonds. The Hall–Kier alpha value is -3.21. The summed E-state index contributed by atoms with van der Waals surface area (Å²) in [6.07, 6.45) is 3.55. The van der Waals surface area contributed by atoms with Crippen LogP contribution >= 0.6 is 0 Å². The minimum Gasteiger partial charge on any atom is -0.356 e. The van der Waals surface area contributed by atoms with Gasteiger partial charge < -0.3 is 10.2 Å². The SMILES string of the molecule is Cc1ccccc1CNC(=O)c1cc(N2CCCCC2)nc(-c2ccccc2)n1. The van der Waals surface area contributed by atoms with Gasteiger partial charge in [0, 0.05) is 31.3 Å². The molecule has 29 heavy (non-hydrogen) atoms. The summed E-state index contributed by atoms with van der Waals surface area (Å²) in [5.41, 5.74) is 3.59. The molecule has 1 fully saturated rings. The summed E-state index contributed by atoms with van der Waals surface area (Å²) in [5.74, 6) is 1.25. The van der Waals surface area contributed by atoms with Crippen LogP contribution in [0.2, 0.25) is 0 Å². The van der Waals surface area contributed by atoms with Gasteiger partial charge in [0.25, 0.3) is 5.91 Å². The molecule has 2 aromatic carbocycles. The van der Waals surface area contributed by atoms with Gasteiger partial charge in [-0.2, -0.15) is 0 Å². The van der Waals surface area contributed by atoms with E-state index in [-0.39, 0.29) is 5.91 Å². The average molecular weight is 386 g/mol. The number of piperidine rings is 1. The van der Waals surface area contributed by atoms with Gasteiger partial charge >= 0.3 is 0 Å². The lowest BCUT2D eigenvalue weighted by Gasteiger charge is -2.28. The second-order valence-electron chi connectivity index (χ2n) is 7.46. The van der Waals surface area contributed by atoms with Gasteiger partial charge in [-0.15, -0.1) is 0 Å². The lowest BCUT2D eigenvalue weighted by molar-refractivity contribution is 0.0946. The summed E-state index contributed by atoms with van der Waals surface area (Å²) >= 11 is 0. The van der Waals surface area contributed by atoms with Crippen LogP contribution < -0.4 is 10.2 Å². The quantitative estimate of drug-likeness (QED) is 0.707. The third-order valence-electron chi connectivity index (χ3n) is 5.36. The molecule has 0 saturated carbocycles.